The third-order valence-corrected chi connectivity index (χ3v) is 7.20. The molecule has 2 aliphatic rings. The third kappa shape index (κ3) is 5.15. The van der Waals surface area contributed by atoms with E-state index in [-0.39, 0.29) is 19.2 Å². The van der Waals surface area contributed by atoms with Crippen LogP contribution in [0.3, 0.4) is 0 Å². The number of benzene rings is 3. The minimum Gasteiger partial charge on any atom is -0.497 e. The fraction of sp³-hybridized carbons (Fsp3) is 0.310. The van der Waals surface area contributed by atoms with Crippen LogP contribution in [0.2, 0.25) is 0 Å². The number of methoxy groups -OCH3 is 3. The number of carboxylic acid groups (broad SMARTS) is 1. The molecule has 0 aliphatic carbocycles. The molecule has 0 saturated carbocycles. The van der Waals surface area contributed by atoms with Gasteiger partial charge in [0, 0.05) is 18.5 Å². The summed E-state index contributed by atoms with van der Waals surface area (Å²) in [5.74, 6) is 0.262. The molecule has 1 saturated heterocycles. The van der Waals surface area contributed by atoms with Crippen LogP contribution < -0.4 is 29.0 Å². The normalized spacial score (nSPS) is 19.9. The quantitative estimate of drug-likeness (QED) is 0.421. The summed E-state index contributed by atoms with van der Waals surface area (Å²) in [6, 6.07) is 17.4. The molecule has 2 heterocycles. The molecule has 1 fully saturated rings. The molecule has 10 heteroatoms. The lowest BCUT2D eigenvalue weighted by Gasteiger charge is -2.27. The summed E-state index contributed by atoms with van der Waals surface area (Å²) in [6.07, 6.45) is 0. The summed E-state index contributed by atoms with van der Waals surface area (Å²) in [5.41, 5.74) is 1.99. The van der Waals surface area contributed by atoms with Gasteiger partial charge in [-0.1, -0.05) is 24.3 Å². The second-order valence-corrected chi connectivity index (χ2v) is 9.32. The number of hydrogen-bond donors (Lipinski definition) is 2. The number of hydrogen-bond acceptors (Lipinski definition) is 8. The van der Waals surface area contributed by atoms with Crippen molar-refractivity contribution in [2.45, 2.75) is 12.0 Å². The zero-order valence-electron chi connectivity index (χ0n) is 21.9. The Morgan fingerprint density at radius 2 is 1.59 bits per heavy atom. The summed E-state index contributed by atoms with van der Waals surface area (Å²) < 4.78 is 27.1. The molecule has 0 radical (unpaired) electrons. The van der Waals surface area contributed by atoms with E-state index in [4.69, 9.17) is 23.7 Å². The van der Waals surface area contributed by atoms with Crippen LogP contribution in [0.25, 0.3) is 0 Å². The SMILES string of the molecule is COc1ccc([C@@H]2[C@@H](C(=O)O)[C@H](c3ccc4c(c3)OCO4)CN2CC(=O)Nc2c(OC)cccc2OC)cc1. The summed E-state index contributed by atoms with van der Waals surface area (Å²) >= 11 is 0. The Balaban J connectivity index is 1.49. The van der Waals surface area contributed by atoms with E-state index < -0.39 is 23.8 Å². The molecule has 10 nitrogen and oxygen atoms in total. The van der Waals surface area contributed by atoms with Gasteiger partial charge in [0.25, 0.3) is 0 Å². The van der Waals surface area contributed by atoms with E-state index in [1.54, 1.807) is 43.5 Å². The standard InChI is InChI=1S/C29H30N2O8/c1-35-19-10-7-17(8-11-19)28-26(29(33)34)20(18-9-12-21-24(13-18)39-16-38-21)14-31(28)15-25(32)30-27-22(36-2)5-4-6-23(27)37-3/h4-13,20,26,28H,14-16H2,1-3H3,(H,30,32)(H,33,34)/t20-,26-,28+/m0/s1. The smallest absolute Gasteiger partial charge is 0.309 e. The molecule has 2 N–H and O–H groups in total. The highest BCUT2D eigenvalue weighted by Crippen LogP contribution is 2.48. The highest BCUT2D eigenvalue weighted by atomic mass is 16.7. The number of likely N-dealkylation sites (tertiary alicyclic amines) is 1. The van der Waals surface area contributed by atoms with E-state index in [2.05, 4.69) is 5.32 Å². The number of carbonyl (C=O) groups excluding carboxylic acids is 1. The predicted octanol–water partition coefficient (Wildman–Crippen LogP) is 3.92. The topological polar surface area (TPSA) is 116 Å². The van der Waals surface area contributed by atoms with Gasteiger partial charge in [0.15, 0.2) is 11.5 Å². The second-order valence-electron chi connectivity index (χ2n) is 9.32. The number of aliphatic carboxylic acids is 1. The van der Waals surface area contributed by atoms with Crippen molar-refractivity contribution < 1.29 is 38.4 Å². The van der Waals surface area contributed by atoms with Crippen LogP contribution in [0.5, 0.6) is 28.7 Å². The minimum atomic E-state index is -0.951. The molecular weight excluding hydrogens is 504 g/mol. The number of carbonyl (C=O) groups is 2. The molecule has 5 rings (SSSR count). The Bertz CT molecular complexity index is 1340. The fourth-order valence-corrected chi connectivity index (χ4v) is 5.41. The zero-order valence-corrected chi connectivity index (χ0v) is 21.9. The first-order valence-corrected chi connectivity index (χ1v) is 12.4. The van der Waals surface area contributed by atoms with Gasteiger partial charge in [-0.3, -0.25) is 14.5 Å². The number of nitrogens with one attached hydrogen (secondary N) is 1. The van der Waals surface area contributed by atoms with Gasteiger partial charge in [-0.05, 0) is 47.5 Å². The Hall–Kier alpha value is -4.44. The lowest BCUT2D eigenvalue weighted by atomic mass is 9.82. The van der Waals surface area contributed by atoms with E-state index in [1.807, 2.05) is 29.2 Å². The summed E-state index contributed by atoms with van der Waals surface area (Å²) in [4.78, 5) is 28.1. The second kappa shape index (κ2) is 11.1. The van der Waals surface area contributed by atoms with E-state index in [1.165, 1.54) is 14.2 Å². The lowest BCUT2D eigenvalue weighted by molar-refractivity contribution is -0.143. The first-order valence-electron chi connectivity index (χ1n) is 12.4. The molecule has 3 atom stereocenters. The summed E-state index contributed by atoms with van der Waals surface area (Å²) in [7, 11) is 4.60. The van der Waals surface area contributed by atoms with Crippen LogP contribution in [-0.4, -0.2) is 63.1 Å². The van der Waals surface area contributed by atoms with E-state index in [9.17, 15) is 14.7 Å². The van der Waals surface area contributed by atoms with Crippen molar-refractivity contribution in [3.05, 3.63) is 71.8 Å². The number of anilines is 1. The molecule has 3 aromatic carbocycles. The number of ether oxygens (including phenoxy) is 5. The first kappa shape index (κ1) is 26.2. The van der Waals surface area contributed by atoms with Gasteiger partial charge < -0.3 is 34.1 Å². The van der Waals surface area contributed by atoms with Crippen LogP contribution in [0.4, 0.5) is 5.69 Å². The Morgan fingerprint density at radius 3 is 2.23 bits per heavy atom. The van der Waals surface area contributed by atoms with Crippen LogP contribution >= 0.6 is 0 Å². The van der Waals surface area contributed by atoms with Gasteiger partial charge in [-0.2, -0.15) is 0 Å². The van der Waals surface area contributed by atoms with Gasteiger partial charge in [0.05, 0.1) is 33.8 Å². The molecule has 0 unspecified atom stereocenters. The first-order chi connectivity index (χ1) is 18.9. The number of para-hydroxylation sites is 1. The Morgan fingerprint density at radius 1 is 0.923 bits per heavy atom. The van der Waals surface area contributed by atoms with Gasteiger partial charge in [0.1, 0.15) is 22.9 Å². The van der Waals surface area contributed by atoms with Crippen LogP contribution in [0, 0.1) is 5.92 Å². The zero-order chi connectivity index (χ0) is 27.5. The van der Waals surface area contributed by atoms with Crippen LogP contribution in [0.1, 0.15) is 23.1 Å². The molecule has 3 aromatic rings. The summed E-state index contributed by atoms with van der Waals surface area (Å²) in [6.45, 7) is 0.408. The van der Waals surface area contributed by atoms with Crippen molar-refractivity contribution in [3.63, 3.8) is 0 Å². The average molecular weight is 535 g/mol. The molecule has 2 aliphatic heterocycles. The summed E-state index contributed by atoms with van der Waals surface area (Å²) in [5, 5.41) is 13.3. The van der Waals surface area contributed by atoms with Gasteiger partial charge in [-0.25, -0.2) is 0 Å². The average Bonchev–Trinajstić information content (AvgIpc) is 3.57. The number of rotatable bonds is 9. The number of nitrogens with zero attached hydrogens (tertiary/aromatic N) is 1. The molecule has 0 aromatic heterocycles. The van der Waals surface area contributed by atoms with Gasteiger partial charge in [-0.15, -0.1) is 0 Å². The largest absolute Gasteiger partial charge is 0.497 e. The molecule has 204 valence electrons. The number of fused-ring (bicyclic) bond motifs is 1. The van der Waals surface area contributed by atoms with E-state index >= 15 is 0 Å². The van der Waals surface area contributed by atoms with Crippen molar-refractivity contribution in [1.82, 2.24) is 4.90 Å². The lowest BCUT2D eigenvalue weighted by Crippen LogP contribution is -2.35. The monoisotopic (exact) mass is 534 g/mol. The predicted molar refractivity (Wildman–Crippen MR) is 142 cm³/mol. The van der Waals surface area contributed by atoms with Crippen molar-refractivity contribution in [2.75, 3.05) is 46.5 Å². The Labute approximate surface area is 226 Å². The minimum absolute atomic E-state index is 0.0528. The maximum absolute atomic E-state index is 13.4. The van der Waals surface area contributed by atoms with Crippen molar-refractivity contribution in [1.29, 1.82) is 0 Å². The van der Waals surface area contributed by atoms with Crippen molar-refractivity contribution in [3.8, 4) is 28.7 Å². The van der Waals surface area contributed by atoms with Crippen molar-refractivity contribution >= 4 is 17.6 Å². The van der Waals surface area contributed by atoms with Crippen LogP contribution in [-0.2, 0) is 9.59 Å². The highest BCUT2D eigenvalue weighted by Gasteiger charge is 2.48. The third-order valence-electron chi connectivity index (χ3n) is 7.20. The number of carboxylic acids is 1. The van der Waals surface area contributed by atoms with E-state index in [0.717, 1.165) is 11.1 Å². The molecule has 0 spiro atoms. The molecule has 1 amide bonds. The van der Waals surface area contributed by atoms with E-state index in [0.29, 0.717) is 41.0 Å². The molecule has 0 bridgehead atoms. The molecule has 39 heavy (non-hydrogen) atoms. The van der Waals surface area contributed by atoms with Gasteiger partial charge >= 0.3 is 5.97 Å². The van der Waals surface area contributed by atoms with Crippen molar-refractivity contribution in [2.24, 2.45) is 5.92 Å². The maximum Gasteiger partial charge on any atom is 0.309 e. The van der Waals surface area contributed by atoms with Crippen LogP contribution in [0.15, 0.2) is 60.7 Å². The highest BCUT2D eigenvalue weighted by molar-refractivity contribution is 5.95. The maximum atomic E-state index is 13.4. The van der Waals surface area contributed by atoms with Gasteiger partial charge in [0.2, 0.25) is 12.7 Å². The molecular formula is C29H30N2O8. The number of amides is 1. The Kier molecular flexibility index (Phi) is 7.47. The fourth-order valence-electron chi connectivity index (χ4n) is 5.41.